The number of nitrogens with one attached hydrogen (secondary N) is 1. The number of hydrogen-bond acceptors (Lipinski definition) is 6. The van der Waals surface area contributed by atoms with Crippen LogP contribution >= 0.6 is 0 Å². The standard InChI is InChI=1S/C23H27N3O6/c1-15-5-7-16(8-6-15)13-25-9-10-26(23(29)22(25)28)14-20(27)24-17-11-18(30-2)21(32-4)19(12-17)31-3/h5-8,11-12H,9-10,13-14H2,1-4H3,(H,24,27). The van der Waals surface area contributed by atoms with Crippen LogP contribution in [0.1, 0.15) is 11.1 Å². The van der Waals surface area contributed by atoms with Crippen molar-refractivity contribution in [3.63, 3.8) is 0 Å². The second kappa shape index (κ2) is 10.0. The first-order valence-corrected chi connectivity index (χ1v) is 10.1. The fourth-order valence-electron chi connectivity index (χ4n) is 3.46. The zero-order chi connectivity index (χ0) is 23.3. The van der Waals surface area contributed by atoms with Crippen molar-refractivity contribution in [2.24, 2.45) is 0 Å². The molecule has 9 nitrogen and oxygen atoms in total. The fourth-order valence-corrected chi connectivity index (χ4v) is 3.46. The van der Waals surface area contributed by atoms with Crippen LogP contribution < -0.4 is 19.5 Å². The normalized spacial score (nSPS) is 13.8. The third kappa shape index (κ3) is 5.11. The number of aryl methyl sites for hydroxylation is 1. The predicted molar refractivity (Wildman–Crippen MR) is 118 cm³/mol. The minimum Gasteiger partial charge on any atom is -0.493 e. The molecule has 0 bridgehead atoms. The van der Waals surface area contributed by atoms with Crippen LogP contribution in [-0.4, -0.2) is 68.5 Å². The fraction of sp³-hybridized carbons (Fsp3) is 0.348. The molecule has 9 heteroatoms. The van der Waals surface area contributed by atoms with Gasteiger partial charge in [-0.1, -0.05) is 29.8 Å². The Kier molecular flexibility index (Phi) is 7.19. The number of methoxy groups -OCH3 is 3. The molecule has 0 aromatic heterocycles. The third-order valence-electron chi connectivity index (χ3n) is 5.17. The first kappa shape index (κ1) is 22.9. The summed E-state index contributed by atoms with van der Waals surface area (Å²) in [6.45, 7) is 2.74. The van der Waals surface area contributed by atoms with Gasteiger partial charge in [0, 0.05) is 37.5 Å². The predicted octanol–water partition coefficient (Wildman–Crippen LogP) is 1.83. The summed E-state index contributed by atoms with van der Waals surface area (Å²) in [5.41, 5.74) is 2.49. The average molecular weight is 441 g/mol. The van der Waals surface area contributed by atoms with Crippen molar-refractivity contribution in [2.45, 2.75) is 13.5 Å². The molecule has 0 saturated carbocycles. The first-order valence-electron chi connectivity index (χ1n) is 10.1. The van der Waals surface area contributed by atoms with Crippen molar-refractivity contribution in [3.8, 4) is 17.2 Å². The maximum absolute atomic E-state index is 12.6. The second-order valence-electron chi connectivity index (χ2n) is 7.40. The molecule has 1 heterocycles. The number of ether oxygens (including phenoxy) is 3. The van der Waals surface area contributed by atoms with Crippen molar-refractivity contribution < 1.29 is 28.6 Å². The van der Waals surface area contributed by atoms with E-state index in [1.807, 2.05) is 31.2 Å². The van der Waals surface area contributed by atoms with Gasteiger partial charge in [-0.15, -0.1) is 0 Å². The molecule has 3 rings (SSSR count). The van der Waals surface area contributed by atoms with Crippen LogP contribution in [0.4, 0.5) is 5.69 Å². The highest BCUT2D eigenvalue weighted by atomic mass is 16.5. The van der Waals surface area contributed by atoms with Crippen molar-refractivity contribution in [1.29, 1.82) is 0 Å². The number of nitrogens with zero attached hydrogens (tertiary/aromatic N) is 2. The summed E-state index contributed by atoms with van der Waals surface area (Å²) < 4.78 is 15.8. The van der Waals surface area contributed by atoms with Crippen molar-refractivity contribution in [3.05, 3.63) is 47.5 Å². The van der Waals surface area contributed by atoms with E-state index in [0.717, 1.165) is 11.1 Å². The summed E-state index contributed by atoms with van der Waals surface area (Å²) in [7, 11) is 4.44. The van der Waals surface area contributed by atoms with Gasteiger partial charge in [-0.3, -0.25) is 14.4 Å². The Labute approximate surface area is 186 Å². The van der Waals surface area contributed by atoms with Crippen LogP contribution in [0.5, 0.6) is 17.2 Å². The van der Waals surface area contributed by atoms with E-state index in [-0.39, 0.29) is 13.1 Å². The van der Waals surface area contributed by atoms with E-state index in [4.69, 9.17) is 14.2 Å². The summed E-state index contributed by atoms with van der Waals surface area (Å²) in [6, 6.07) is 11.0. The smallest absolute Gasteiger partial charge is 0.312 e. The van der Waals surface area contributed by atoms with E-state index in [9.17, 15) is 14.4 Å². The molecule has 1 saturated heterocycles. The van der Waals surface area contributed by atoms with E-state index in [1.54, 1.807) is 12.1 Å². The van der Waals surface area contributed by atoms with Gasteiger partial charge in [0.25, 0.3) is 0 Å². The van der Waals surface area contributed by atoms with Gasteiger partial charge in [-0.25, -0.2) is 0 Å². The third-order valence-corrected chi connectivity index (χ3v) is 5.17. The Morgan fingerprint density at radius 2 is 1.47 bits per heavy atom. The number of carbonyl (C=O) groups is 3. The van der Waals surface area contributed by atoms with Gasteiger partial charge in [-0.2, -0.15) is 0 Å². The van der Waals surface area contributed by atoms with E-state index >= 15 is 0 Å². The molecule has 32 heavy (non-hydrogen) atoms. The molecule has 0 atom stereocenters. The lowest BCUT2D eigenvalue weighted by Crippen LogP contribution is -2.55. The summed E-state index contributed by atoms with van der Waals surface area (Å²) in [5.74, 6) is -0.567. The van der Waals surface area contributed by atoms with Gasteiger partial charge < -0.3 is 29.3 Å². The van der Waals surface area contributed by atoms with Crippen LogP contribution in [0.3, 0.4) is 0 Å². The topological polar surface area (TPSA) is 97.4 Å². The van der Waals surface area contributed by atoms with Crippen molar-refractivity contribution in [1.82, 2.24) is 9.80 Å². The molecule has 2 aromatic rings. The highest BCUT2D eigenvalue weighted by Gasteiger charge is 2.33. The van der Waals surface area contributed by atoms with Gasteiger partial charge >= 0.3 is 11.8 Å². The highest BCUT2D eigenvalue weighted by Crippen LogP contribution is 2.39. The average Bonchev–Trinajstić information content (AvgIpc) is 2.79. The number of hydrogen-bond donors (Lipinski definition) is 1. The Balaban J connectivity index is 1.62. The molecule has 1 fully saturated rings. The SMILES string of the molecule is COc1cc(NC(=O)CN2CCN(Cc3ccc(C)cc3)C(=O)C2=O)cc(OC)c1OC. The molecule has 0 radical (unpaired) electrons. The largest absolute Gasteiger partial charge is 0.493 e. The van der Waals surface area contributed by atoms with Crippen LogP contribution in [0.25, 0.3) is 0 Å². The summed E-state index contributed by atoms with van der Waals surface area (Å²) in [6.07, 6.45) is 0. The highest BCUT2D eigenvalue weighted by molar-refractivity contribution is 6.35. The van der Waals surface area contributed by atoms with Gasteiger partial charge in [0.1, 0.15) is 6.54 Å². The minimum absolute atomic E-state index is 0.237. The molecular weight excluding hydrogens is 414 g/mol. The van der Waals surface area contributed by atoms with Crippen LogP contribution in [0, 0.1) is 6.92 Å². The molecule has 0 aliphatic carbocycles. The lowest BCUT2D eigenvalue weighted by atomic mass is 10.1. The lowest BCUT2D eigenvalue weighted by molar-refractivity contribution is -0.157. The summed E-state index contributed by atoms with van der Waals surface area (Å²) in [4.78, 5) is 40.4. The summed E-state index contributed by atoms with van der Waals surface area (Å²) >= 11 is 0. The minimum atomic E-state index is -0.691. The van der Waals surface area contributed by atoms with Crippen LogP contribution in [0.15, 0.2) is 36.4 Å². The molecule has 170 valence electrons. The van der Waals surface area contributed by atoms with E-state index in [1.165, 1.54) is 31.1 Å². The molecule has 3 amide bonds. The molecule has 1 N–H and O–H groups in total. The van der Waals surface area contributed by atoms with Crippen LogP contribution in [0.2, 0.25) is 0 Å². The number of piperazine rings is 1. The first-order chi connectivity index (χ1) is 15.4. The molecule has 1 aliphatic heterocycles. The Morgan fingerprint density at radius 3 is 2.03 bits per heavy atom. The zero-order valence-corrected chi connectivity index (χ0v) is 18.6. The van der Waals surface area contributed by atoms with E-state index in [2.05, 4.69) is 5.32 Å². The number of rotatable bonds is 8. The van der Waals surface area contributed by atoms with Crippen LogP contribution in [-0.2, 0) is 20.9 Å². The second-order valence-corrected chi connectivity index (χ2v) is 7.40. The molecule has 2 aromatic carbocycles. The number of amides is 3. The Morgan fingerprint density at radius 1 is 0.906 bits per heavy atom. The number of anilines is 1. The van der Waals surface area contributed by atoms with Gasteiger partial charge in [-0.05, 0) is 12.5 Å². The monoisotopic (exact) mass is 441 g/mol. The maximum atomic E-state index is 12.6. The Hall–Kier alpha value is -3.75. The van der Waals surface area contributed by atoms with Crippen molar-refractivity contribution in [2.75, 3.05) is 46.3 Å². The maximum Gasteiger partial charge on any atom is 0.312 e. The number of carbonyl (C=O) groups excluding carboxylic acids is 3. The zero-order valence-electron chi connectivity index (χ0n) is 18.6. The Bertz CT molecular complexity index is 980. The van der Waals surface area contributed by atoms with E-state index < -0.39 is 17.7 Å². The molecule has 0 unspecified atom stereocenters. The van der Waals surface area contributed by atoms with E-state index in [0.29, 0.717) is 36.0 Å². The lowest BCUT2D eigenvalue weighted by Gasteiger charge is -2.33. The summed E-state index contributed by atoms with van der Waals surface area (Å²) in [5, 5.41) is 2.71. The van der Waals surface area contributed by atoms with Gasteiger partial charge in [0.05, 0.1) is 21.3 Å². The molecule has 1 aliphatic rings. The number of benzene rings is 2. The van der Waals surface area contributed by atoms with Gasteiger partial charge in [0.15, 0.2) is 11.5 Å². The van der Waals surface area contributed by atoms with Gasteiger partial charge in [0.2, 0.25) is 11.7 Å². The van der Waals surface area contributed by atoms with Crippen molar-refractivity contribution >= 4 is 23.4 Å². The quantitative estimate of drug-likeness (QED) is 0.628. The molecular formula is C23H27N3O6. The molecule has 0 spiro atoms.